The first-order valence-electron chi connectivity index (χ1n) is 11.2. The maximum Gasteiger partial charge on any atom is 0.321 e. The normalized spacial score (nSPS) is 13.8. The van der Waals surface area contributed by atoms with E-state index in [1.54, 1.807) is 14.5 Å². The molecule has 178 valence electrons. The Morgan fingerprint density at radius 2 is 1.53 bits per heavy atom. The Kier molecular flexibility index (Phi) is 6.58. The smallest absolute Gasteiger partial charge is 0.321 e. The highest BCUT2D eigenvalue weighted by Crippen LogP contribution is 2.19. The van der Waals surface area contributed by atoms with Crippen LogP contribution in [-0.2, 0) is 11.2 Å². The number of aromatic nitrogens is 4. The van der Waals surface area contributed by atoms with Crippen molar-refractivity contribution in [2.45, 2.75) is 34.1 Å². The highest BCUT2D eigenvalue weighted by molar-refractivity contribution is 5.89. The summed E-state index contributed by atoms with van der Waals surface area (Å²) in [6.45, 7) is 9.36. The molecular formula is C24H28FN7O2. The van der Waals surface area contributed by atoms with Crippen LogP contribution in [0.25, 0.3) is 5.95 Å². The Labute approximate surface area is 197 Å². The van der Waals surface area contributed by atoms with Gasteiger partial charge >= 0.3 is 6.03 Å². The van der Waals surface area contributed by atoms with E-state index in [1.807, 2.05) is 33.8 Å². The van der Waals surface area contributed by atoms with Gasteiger partial charge in [-0.15, -0.1) is 0 Å². The molecule has 0 spiro atoms. The molecule has 0 unspecified atom stereocenters. The monoisotopic (exact) mass is 465 g/mol. The van der Waals surface area contributed by atoms with Gasteiger partial charge in [-0.05, 0) is 58.0 Å². The molecule has 4 rings (SSSR count). The number of halogens is 1. The summed E-state index contributed by atoms with van der Waals surface area (Å²) in [7, 11) is 0. The number of carbonyl (C=O) groups excluding carboxylic acids is 2. The molecule has 0 radical (unpaired) electrons. The fourth-order valence-corrected chi connectivity index (χ4v) is 4.09. The van der Waals surface area contributed by atoms with Crippen LogP contribution in [0.3, 0.4) is 0 Å². The van der Waals surface area contributed by atoms with Crippen molar-refractivity contribution in [2.75, 3.05) is 31.5 Å². The van der Waals surface area contributed by atoms with Crippen LogP contribution in [0.4, 0.5) is 14.9 Å². The van der Waals surface area contributed by atoms with Crippen LogP contribution in [0.2, 0.25) is 0 Å². The van der Waals surface area contributed by atoms with Crippen LogP contribution >= 0.6 is 0 Å². The van der Waals surface area contributed by atoms with Gasteiger partial charge in [-0.25, -0.2) is 23.8 Å². The summed E-state index contributed by atoms with van der Waals surface area (Å²) in [6, 6.07) is 7.26. The van der Waals surface area contributed by atoms with Gasteiger partial charge in [-0.1, -0.05) is 0 Å². The van der Waals surface area contributed by atoms with Crippen LogP contribution in [-0.4, -0.2) is 67.7 Å². The quantitative estimate of drug-likeness (QED) is 0.639. The lowest BCUT2D eigenvalue weighted by Gasteiger charge is -2.34. The lowest BCUT2D eigenvalue weighted by molar-refractivity contribution is -0.131. The summed E-state index contributed by atoms with van der Waals surface area (Å²) in [6.07, 6.45) is 0.226. The second kappa shape index (κ2) is 9.58. The molecule has 0 atom stereocenters. The third kappa shape index (κ3) is 5.05. The summed E-state index contributed by atoms with van der Waals surface area (Å²) >= 11 is 0. The van der Waals surface area contributed by atoms with E-state index < -0.39 is 0 Å². The molecular weight excluding hydrogens is 437 g/mol. The van der Waals surface area contributed by atoms with E-state index in [9.17, 15) is 14.0 Å². The van der Waals surface area contributed by atoms with E-state index in [1.165, 1.54) is 24.3 Å². The molecule has 1 aliphatic heterocycles. The maximum atomic E-state index is 13.1. The molecule has 10 heteroatoms. The molecule has 0 aliphatic carbocycles. The highest BCUT2D eigenvalue weighted by atomic mass is 19.1. The minimum absolute atomic E-state index is 0.00863. The van der Waals surface area contributed by atoms with Gasteiger partial charge < -0.3 is 15.1 Å². The van der Waals surface area contributed by atoms with Crippen molar-refractivity contribution in [3.05, 3.63) is 64.5 Å². The zero-order valence-electron chi connectivity index (χ0n) is 19.8. The Balaban J connectivity index is 1.37. The number of aryl methyl sites for hydroxylation is 3. The van der Waals surface area contributed by atoms with Gasteiger partial charge in [0.2, 0.25) is 5.91 Å². The first-order chi connectivity index (χ1) is 16.2. The standard InChI is InChI=1S/C24H28FN7O2/c1-15-13-16(2)27-23(26-15)32-18(4)21(17(3)29-32)14-22(33)30-9-11-31(12-10-30)24(34)28-20-7-5-19(25)6-8-20/h5-8,13H,9-12,14H2,1-4H3,(H,28,34). The van der Waals surface area contributed by atoms with Gasteiger partial charge in [0.25, 0.3) is 5.95 Å². The number of hydrogen-bond donors (Lipinski definition) is 1. The van der Waals surface area contributed by atoms with E-state index in [0.29, 0.717) is 37.8 Å². The molecule has 1 aliphatic rings. The number of carbonyl (C=O) groups is 2. The third-order valence-electron chi connectivity index (χ3n) is 5.94. The Morgan fingerprint density at radius 1 is 0.941 bits per heavy atom. The Hall–Kier alpha value is -3.82. The average molecular weight is 466 g/mol. The molecule has 0 bridgehead atoms. The van der Waals surface area contributed by atoms with Gasteiger partial charge in [0.1, 0.15) is 5.82 Å². The van der Waals surface area contributed by atoms with Crippen LogP contribution in [0, 0.1) is 33.5 Å². The van der Waals surface area contributed by atoms with Gasteiger partial charge in [0.15, 0.2) is 0 Å². The number of amides is 3. The Bertz CT molecular complexity index is 1190. The number of anilines is 1. The molecule has 3 heterocycles. The van der Waals surface area contributed by atoms with Crippen LogP contribution in [0.1, 0.15) is 28.3 Å². The molecule has 1 N–H and O–H groups in total. The molecule has 0 saturated carbocycles. The number of nitrogens with one attached hydrogen (secondary N) is 1. The van der Waals surface area contributed by atoms with E-state index >= 15 is 0 Å². The lowest BCUT2D eigenvalue weighted by atomic mass is 10.1. The fourth-order valence-electron chi connectivity index (χ4n) is 4.09. The SMILES string of the molecule is Cc1cc(C)nc(-n2nc(C)c(CC(=O)N3CCN(C(=O)Nc4ccc(F)cc4)CC3)c2C)n1. The first-order valence-corrected chi connectivity index (χ1v) is 11.2. The van der Waals surface area contributed by atoms with Gasteiger partial charge in [-0.2, -0.15) is 5.10 Å². The molecule has 3 amide bonds. The molecule has 1 aromatic carbocycles. The zero-order valence-corrected chi connectivity index (χ0v) is 19.8. The summed E-state index contributed by atoms with van der Waals surface area (Å²) in [5.74, 6) is 0.130. The fraction of sp³-hybridized carbons (Fsp3) is 0.375. The average Bonchev–Trinajstić information content (AvgIpc) is 3.08. The summed E-state index contributed by atoms with van der Waals surface area (Å²) in [5, 5.41) is 7.34. The number of piperazine rings is 1. The second-order valence-electron chi connectivity index (χ2n) is 8.49. The van der Waals surface area contributed by atoms with Crippen molar-refractivity contribution in [1.82, 2.24) is 29.5 Å². The van der Waals surface area contributed by atoms with Crippen molar-refractivity contribution in [3.63, 3.8) is 0 Å². The second-order valence-corrected chi connectivity index (χ2v) is 8.49. The van der Waals surface area contributed by atoms with Crippen molar-refractivity contribution >= 4 is 17.6 Å². The minimum atomic E-state index is -0.359. The number of rotatable bonds is 4. The van der Waals surface area contributed by atoms with Crippen molar-refractivity contribution < 1.29 is 14.0 Å². The van der Waals surface area contributed by atoms with Crippen LogP contribution in [0.15, 0.2) is 30.3 Å². The van der Waals surface area contributed by atoms with Crippen LogP contribution in [0.5, 0.6) is 0 Å². The van der Waals surface area contributed by atoms with Gasteiger partial charge in [-0.3, -0.25) is 4.79 Å². The predicted molar refractivity (Wildman–Crippen MR) is 125 cm³/mol. The number of benzene rings is 1. The van der Waals surface area contributed by atoms with Crippen LogP contribution < -0.4 is 5.32 Å². The summed E-state index contributed by atoms with van der Waals surface area (Å²) < 4.78 is 14.7. The minimum Gasteiger partial charge on any atom is -0.339 e. The molecule has 2 aromatic heterocycles. The topological polar surface area (TPSA) is 96.3 Å². The van der Waals surface area contributed by atoms with E-state index in [2.05, 4.69) is 20.4 Å². The molecule has 1 fully saturated rings. The summed E-state index contributed by atoms with van der Waals surface area (Å²) in [5.41, 5.74) is 4.71. The third-order valence-corrected chi connectivity index (χ3v) is 5.94. The molecule has 34 heavy (non-hydrogen) atoms. The summed E-state index contributed by atoms with van der Waals surface area (Å²) in [4.78, 5) is 37.9. The number of nitrogens with zero attached hydrogens (tertiary/aromatic N) is 6. The van der Waals surface area contributed by atoms with Crippen molar-refractivity contribution in [1.29, 1.82) is 0 Å². The molecule has 3 aromatic rings. The maximum absolute atomic E-state index is 13.1. The molecule has 9 nitrogen and oxygen atoms in total. The number of hydrogen-bond acceptors (Lipinski definition) is 5. The first kappa shape index (κ1) is 23.3. The predicted octanol–water partition coefficient (Wildman–Crippen LogP) is 2.95. The highest BCUT2D eigenvalue weighted by Gasteiger charge is 2.26. The lowest BCUT2D eigenvalue weighted by Crippen LogP contribution is -2.52. The van der Waals surface area contributed by atoms with Gasteiger partial charge in [0, 0.05) is 54.5 Å². The van der Waals surface area contributed by atoms with Gasteiger partial charge in [0.05, 0.1) is 12.1 Å². The van der Waals surface area contributed by atoms with E-state index in [0.717, 1.165) is 28.3 Å². The largest absolute Gasteiger partial charge is 0.339 e. The zero-order chi connectivity index (χ0) is 24.4. The Morgan fingerprint density at radius 3 is 2.15 bits per heavy atom. The van der Waals surface area contributed by atoms with Crippen molar-refractivity contribution in [2.24, 2.45) is 0 Å². The number of urea groups is 1. The van der Waals surface area contributed by atoms with Crippen molar-refractivity contribution in [3.8, 4) is 5.95 Å². The molecule has 1 saturated heterocycles. The van der Waals surface area contributed by atoms with E-state index in [-0.39, 0.29) is 24.2 Å². The van der Waals surface area contributed by atoms with E-state index in [4.69, 9.17) is 0 Å².